The fraction of sp³-hybridized carbons (Fsp3) is 0.250. The molecule has 1 atom stereocenters. The van der Waals surface area contributed by atoms with E-state index in [1.165, 1.54) is 15.5 Å². The van der Waals surface area contributed by atoms with Crippen molar-refractivity contribution in [2.45, 2.75) is 25.7 Å². The number of benzene rings is 2. The Labute approximate surface area is 222 Å². The number of hydrogen-bond acceptors (Lipinski definition) is 4. The molecule has 11 heteroatoms. The first-order valence-electron chi connectivity index (χ1n) is 12.4. The Balaban J connectivity index is 1.46. The van der Waals surface area contributed by atoms with E-state index < -0.39 is 24.8 Å². The lowest BCUT2D eigenvalue weighted by Crippen LogP contribution is -2.46. The van der Waals surface area contributed by atoms with Crippen LogP contribution in [-0.2, 0) is 13.6 Å². The summed E-state index contributed by atoms with van der Waals surface area (Å²) in [6.45, 7) is 0.913. The lowest BCUT2D eigenvalue weighted by Gasteiger charge is -2.35. The third-order valence-electron chi connectivity index (χ3n) is 6.69. The smallest absolute Gasteiger partial charge is 0.330 e. The van der Waals surface area contributed by atoms with Crippen molar-refractivity contribution in [1.29, 1.82) is 0 Å². The molecule has 4 aromatic rings. The number of fused-ring (bicyclic) bond motifs is 1. The van der Waals surface area contributed by atoms with Crippen LogP contribution in [0.3, 0.4) is 0 Å². The molecule has 2 N–H and O–H groups in total. The van der Waals surface area contributed by atoms with E-state index in [1.807, 2.05) is 43.3 Å². The zero-order chi connectivity index (χ0) is 27.7. The molecule has 2 amide bonds. The van der Waals surface area contributed by atoms with Crippen molar-refractivity contribution in [3.63, 3.8) is 0 Å². The zero-order valence-electron chi connectivity index (χ0n) is 21.4. The number of rotatable bonds is 5. The molecule has 0 bridgehead atoms. The largest absolute Gasteiger partial charge is 0.401 e. The van der Waals surface area contributed by atoms with Gasteiger partial charge >= 0.3 is 12.2 Å². The second kappa shape index (κ2) is 10.4. The van der Waals surface area contributed by atoms with Gasteiger partial charge in [-0.3, -0.25) is 15.0 Å². The van der Waals surface area contributed by atoms with Crippen molar-refractivity contribution in [2.75, 3.05) is 18.4 Å². The minimum absolute atomic E-state index is 0.0180. The maximum absolute atomic E-state index is 13.3. The minimum atomic E-state index is -4.35. The number of alkyl halides is 3. The Kier molecular flexibility index (Phi) is 7.00. The van der Waals surface area contributed by atoms with Crippen molar-refractivity contribution < 1.29 is 18.0 Å². The van der Waals surface area contributed by atoms with Gasteiger partial charge in [0, 0.05) is 43.5 Å². The Bertz CT molecular complexity index is 1560. The highest BCUT2D eigenvalue weighted by atomic mass is 19.4. The molecule has 2 aromatic heterocycles. The zero-order valence-corrected chi connectivity index (χ0v) is 21.4. The summed E-state index contributed by atoms with van der Waals surface area (Å²) < 4.78 is 42.5. The number of carbonyl (C=O) groups is 1. The van der Waals surface area contributed by atoms with Crippen LogP contribution in [0, 0.1) is 6.92 Å². The third-order valence-corrected chi connectivity index (χ3v) is 6.69. The van der Waals surface area contributed by atoms with Gasteiger partial charge in [-0.2, -0.15) is 18.3 Å². The van der Waals surface area contributed by atoms with Gasteiger partial charge in [0.25, 0.3) is 0 Å². The van der Waals surface area contributed by atoms with E-state index in [-0.39, 0.29) is 18.6 Å². The molecule has 8 nitrogen and oxygen atoms in total. The molecule has 0 fully saturated rings. The topological polar surface area (TPSA) is 84.2 Å². The summed E-state index contributed by atoms with van der Waals surface area (Å²) in [4.78, 5) is 26.5. The molecule has 0 saturated carbocycles. The van der Waals surface area contributed by atoms with Crippen LogP contribution < -0.4 is 16.2 Å². The van der Waals surface area contributed by atoms with Crippen molar-refractivity contribution in [1.82, 2.24) is 24.6 Å². The first-order chi connectivity index (χ1) is 18.6. The van der Waals surface area contributed by atoms with E-state index in [2.05, 4.69) is 10.6 Å². The maximum Gasteiger partial charge on any atom is 0.401 e. The predicted octanol–water partition coefficient (Wildman–Crippen LogP) is 4.79. The van der Waals surface area contributed by atoms with E-state index in [9.17, 15) is 22.8 Å². The lowest BCUT2D eigenvalue weighted by molar-refractivity contribution is -0.148. The Morgan fingerprint density at radius 3 is 2.49 bits per heavy atom. The number of nitrogens with one attached hydrogen (secondary N) is 2. The van der Waals surface area contributed by atoms with E-state index in [0.717, 1.165) is 11.1 Å². The van der Waals surface area contributed by atoms with Crippen molar-refractivity contribution in [2.24, 2.45) is 7.05 Å². The average molecular weight is 537 g/mol. The minimum Gasteiger partial charge on any atom is -0.330 e. The first-order valence-corrected chi connectivity index (χ1v) is 12.4. The number of halogens is 3. The first kappa shape index (κ1) is 26.2. The Morgan fingerprint density at radius 2 is 1.77 bits per heavy atom. The molecule has 3 heterocycles. The van der Waals surface area contributed by atoms with Gasteiger partial charge in [-0.05, 0) is 36.2 Å². The average Bonchev–Trinajstić information content (AvgIpc) is 3.21. The molecule has 202 valence electrons. The van der Waals surface area contributed by atoms with E-state index in [0.29, 0.717) is 28.3 Å². The normalized spacial score (nSPS) is 15.6. The number of para-hydroxylation sites is 1. The van der Waals surface area contributed by atoms with Gasteiger partial charge < -0.3 is 9.88 Å². The van der Waals surface area contributed by atoms with Crippen LogP contribution in [0.1, 0.15) is 22.7 Å². The number of aromatic nitrogens is 3. The molecule has 1 aliphatic heterocycles. The van der Waals surface area contributed by atoms with Crippen LogP contribution in [0.4, 0.5) is 23.8 Å². The van der Waals surface area contributed by atoms with Crippen LogP contribution >= 0.6 is 0 Å². The summed E-state index contributed by atoms with van der Waals surface area (Å²) in [5, 5.41) is 10.5. The second-order valence-corrected chi connectivity index (χ2v) is 9.57. The molecule has 39 heavy (non-hydrogen) atoms. The van der Waals surface area contributed by atoms with Gasteiger partial charge in [0.05, 0.1) is 24.0 Å². The summed E-state index contributed by atoms with van der Waals surface area (Å²) >= 11 is 0. The van der Waals surface area contributed by atoms with Crippen molar-refractivity contribution in [3.8, 4) is 16.9 Å². The molecule has 1 unspecified atom stereocenters. The lowest BCUT2D eigenvalue weighted by atomic mass is 9.95. The van der Waals surface area contributed by atoms with Crippen molar-refractivity contribution in [3.05, 3.63) is 100.0 Å². The molecule has 0 spiro atoms. The van der Waals surface area contributed by atoms with Gasteiger partial charge in [0.2, 0.25) is 5.56 Å². The molecule has 2 aromatic carbocycles. The highest BCUT2D eigenvalue weighted by Gasteiger charge is 2.35. The molecule has 1 aliphatic rings. The van der Waals surface area contributed by atoms with Crippen molar-refractivity contribution >= 4 is 11.8 Å². The monoisotopic (exact) mass is 536 g/mol. The predicted molar refractivity (Wildman–Crippen MR) is 142 cm³/mol. The standard InChI is InChI=1S/C28H27F3N6O2/c1-18-25(20-12-13-24(38)35(2)14-20)34-37(21-9-4-3-5-10-21)26(18)33-27(39)32-23-16-36(17-28(29,30)31)15-19-8-6-7-11-22(19)23/h3-14,23H,15-17H2,1-2H3,(H2,32,33,39). The highest BCUT2D eigenvalue weighted by Crippen LogP contribution is 2.31. The number of pyridine rings is 1. The van der Waals surface area contributed by atoms with Crippen LogP contribution in [0.5, 0.6) is 0 Å². The fourth-order valence-corrected chi connectivity index (χ4v) is 4.89. The second-order valence-electron chi connectivity index (χ2n) is 9.57. The number of amides is 2. The Morgan fingerprint density at radius 1 is 1.05 bits per heavy atom. The third kappa shape index (κ3) is 5.73. The van der Waals surface area contributed by atoms with Gasteiger partial charge in [-0.15, -0.1) is 0 Å². The van der Waals surface area contributed by atoms with Crippen LogP contribution in [0.2, 0.25) is 0 Å². The maximum atomic E-state index is 13.3. The number of carbonyl (C=O) groups excluding carboxylic acids is 1. The molecule has 0 saturated heterocycles. The van der Waals surface area contributed by atoms with Gasteiger partial charge in [-0.1, -0.05) is 42.5 Å². The molecule has 0 radical (unpaired) electrons. The number of nitrogens with zero attached hydrogens (tertiary/aromatic N) is 4. The molecule has 5 rings (SSSR count). The number of urea groups is 1. The molecular weight excluding hydrogens is 509 g/mol. The molecular formula is C28H27F3N6O2. The van der Waals surface area contributed by atoms with E-state index in [1.54, 1.807) is 42.2 Å². The SMILES string of the molecule is Cc1c(-c2ccc(=O)n(C)c2)nn(-c2ccccc2)c1NC(=O)NC1CN(CC(F)(F)F)Cc2ccccc21. The number of anilines is 1. The van der Waals surface area contributed by atoms with Crippen LogP contribution in [0.15, 0.2) is 77.7 Å². The highest BCUT2D eigenvalue weighted by molar-refractivity contribution is 5.91. The van der Waals surface area contributed by atoms with Gasteiger partial charge in [-0.25, -0.2) is 9.48 Å². The number of aryl methyl sites for hydroxylation is 1. The summed E-state index contributed by atoms with van der Waals surface area (Å²) in [5.41, 5.74) is 3.98. The summed E-state index contributed by atoms with van der Waals surface area (Å²) in [5.74, 6) is 0.402. The summed E-state index contributed by atoms with van der Waals surface area (Å²) in [7, 11) is 1.64. The molecule has 0 aliphatic carbocycles. The van der Waals surface area contributed by atoms with E-state index in [4.69, 9.17) is 5.10 Å². The number of hydrogen-bond donors (Lipinski definition) is 2. The summed E-state index contributed by atoms with van der Waals surface area (Å²) in [6, 6.07) is 18.3. The summed E-state index contributed by atoms with van der Waals surface area (Å²) in [6.07, 6.45) is -2.68. The van der Waals surface area contributed by atoms with Gasteiger partial charge in [0.15, 0.2) is 0 Å². The Hall–Kier alpha value is -4.38. The fourth-order valence-electron chi connectivity index (χ4n) is 4.89. The quantitative estimate of drug-likeness (QED) is 0.384. The van der Waals surface area contributed by atoms with Crippen LogP contribution in [-0.4, -0.2) is 44.5 Å². The van der Waals surface area contributed by atoms with Crippen LogP contribution in [0.25, 0.3) is 16.9 Å². The van der Waals surface area contributed by atoms with Gasteiger partial charge in [0.1, 0.15) is 5.82 Å². The van der Waals surface area contributed by atoms with E-state index >= 15 is 0 Å².